The maximum atomic E-state index is 12.5. The number of anilines is 1. The van der Waals surface area contributed by atoms with Crippen LogP contribution >= 0.6 is 0 Å². The fourth-order valence-corrected chi connectivity index (χ4v) is 5.19. The smallest absolute Gasteiger partial charge is 0.240 e. The molecular formula is C25H37N3O2S. The van der Waals surface area contributed by atoms with Crippen LogP contribution in [0.25, 0.3) is 0 Å². The second-order valence-corrected chi connectivity index (χ2v) is 10.3. The predicted molar refractivity (Wildman–Crippen MR) is 129 cm³/mol. The van der Waals surface area contributed by atoms with E-state index in [1.807, 2.05) is 12.1 Å². The summed E-state index contributed by atoms with van der Waals surface area (Å²) >= 11 is 0. The van der Waals surface area contributed by atoms with Crippen LogP contribution in [0.2, 0.25) is 0 Å². The third kappa shape index (κ3) is 7.95. The first-order chi connectivity index (χ1) is 15.1. The highest BCUT2D eigenvalue weighted by Gasteiger charge is 2.19. The Labute approximate surface area is 188 Å². The second kappa shape index (κ2) is 12.2. The van der Waals surface area contributed by atoms with Crippen molar-refractivity contribution in [2.75, 3.05) is 38.0 Å². The van der Waals surface area contributed by atoms with Gasteiger partial charge in [0, 0.05) is 18.8 Å². The molecule has 6 heteroatoms. The maximum Gasteiger partial charge on any atom is 0.240 e. The minimum absolute atomic E-state index is 0.329. The lowest BCUT2D eigenvalue weighted by Crippen LogP contribution is -2.36. The summed E-state index contributed by atoms with van der Waals surface area (Å²) in [7, 11) is -3.44. The highest BCUT2D eigenvalue weighted by Crippen LogP contribution is 2.21. The van der Waals surface area contributed by atoms with Gasteiger partial charge in [-0.3, -0.25) is 0 Å². The van der Waals surface area contributed by atoms with Gasteiger partial charge in [-0.1, -0.05) is 43.7 Å². The number of hydrogen-bond acceptors (Lipinski definition) is 4. The lowest BCUT2D eigenvalue weighted by Gasteiger charge is -2.32. The first kappa shape index (κ1) is 23.8. The Bertz CT molecular complexity index is 861. The zero-order valence-corrected chi connectivity index (χ0v) is 19.5. The van der Waals surface area contributed by atoms with Crippen molar-refractivity contribution in [3.63, 3.8) is 0 Å². The van der Waals surface area contributed by atoms with Gasteiger partial charge in [-0.15, -0.1) is 0 Å². The Morgan fingerprint density at radius 1 is 0.935 bits per heavy atom. The minimum Gasteiger partial charge on any atom is -0.385 e. The molecule has 1 saturated heterocycles. The second-order valence-electron chi connectivity index (χ2n) is 8.53. The molecule has 2 aromatic carbocycles. The summed E-state index contributed by atoms with van der Waals surface area (Å²) in [6.07, 6.45) is 6.68. The van der Waals surface area contributed by atoms with E-state index in [2.05, 4.69) is 52.2 Å². The van der Waals surface area contributed by atoms with Crippen molar-refractivity contribution >= 4 is 15.7 Å². The third-order valence-corrected chi connectivity index (χ3v) is 7.52. The topological polar surface area (TPSA) is 61.4 Å². The molecule has 170 valence electrons. The molecule has 0 unspecified atom stereocenters. The van der Waals surface area contributed by atoms with E-state index in [9.17, 15) is 8.42 Å². The van der Waals surface area contributed by atoms with E-state index in [0.717, 1.165) is 57.0 Å². The zero-order chi connectivity index (χ0) is 21.9. The van der Waals surface area contributed by atoms with Crippen molar-refractivity contribution in [2.45, 2.75) is 50.3 Å². The van der Waals surface area contributed by atoms with Gasteiger partial charge in [-0.05, 0) is 87.5 Å². The molecule has 0 radical (unpaired) electrons. The maximum absolute atomic E-state index is 12.5. The van der Waals surface area contributed by atoms with Crippen molar-refractivity contribution in [1.29, 1.82) is 0 Å². The number of rotatable bonds is 12. The summed E-state index contributed by atoms with van der Waals surface area (Å²) in [4.78, 5) is 2.79. The molecule has 0 atom stereocenters. The molecule has 0 aliphatic carbocycles. The van der Waals surface area contributed by atoms with Crippen LogP contribution in [0.4, 0.5) is 5.69 Å². The lowest BCUT2D eigenvalue weighted by molar-refractivity contribution is 0.183. The van der Waals surface area contributed by atoms with Crippen molar-refractivity contribution in [1.82, 2.24) is 9.62 Å². The van der Waals surface area contributed by atoms with Gasteiger partial charge in [0.05, 0.1) is 4.90 Å². The molecule has 0 amide bonds. The SMILES string of the molecule is CCCCNc1ccc(S(=O)(=O)NCCCN2CCC(Cc3ccccc3)CC2)cc1. The fourth-order valence-electron chi connectivity index (χ4n) is 4.12. The van der Waals surface area contributed by atoms with Crippen LogP contribution in [0.1, 0.15) is 44.6 Å². The van der Waals surface area contributed by atoms with Crippen molar-refractivity contribution < 1.29 is 8.42 Å². The number of piperidine rings is 1. The molecule has 0 saturated carbocycles. The van der Waals surface area contributed by atoms with Gasteiger partial charge in [0.2, 0.25) is 10.0 Å². The molecule has 2 aromatic rings. The Kier molecular flexibility index (Phi) is 9.37. The molecular weight excluding hydrogens is 406 g/mol. The molecule has 3 rings (SSSR count). The highest BCUT2D eigenvalue weighted by molar-refractivity contribution is 7.89. The molecule has 1 heterocycles. The number of benzene rings is 2. The average molecular weight is 444 g/mol. The van der Waals surface area contributed by atoms with Crippen LogP contribution in [-0.2, 0) is 16.4 Å². The van der Waals surface area contributed by atoms with E-state index < -0.39 is 10.0 Å². The fraction of sp³-hybridized carbons (Fsp3) is 0.520. The van der Waals surface area contributed by atoms with Gasteiger partial charge in [-0.2, -0.15) is 0 Å². The first-order valence-corrected chi connectivity index (χ1v) is 13.1. The van der Waals surface area contributed by atoms with Crippen LogP contribution in [0, 0.1) is 5.92 Å². The van der Waals surface area contributed by atoms with E-state index in [1.54, 1.807) is 12.1 Å². The molecule has 1 aliphatic rings. The van der Waals surface area contributed by atoms with E-state index in [4.69, 9.17) is 0 Å². The van der Waals surface area contributed by atoms with Gasteiger partial charge < -0.3 is 10.2 Å². The van der Waals surface area contributed by atoms with Crippen LogP contribution < -0.4 is 10.0 Å². The molecule has 2 N–H and O–H groups in total. The molecule has 0 spiro atoms. The van der Waals surface area contributed by atoms with E-state index in [-0.39, 0.29) is 0 Å². The van der Waals surface area contributed by atoms with Crippen LogP contribution in [-0.4, -0.2) is 46.0 Å². The minimum atomic E-state index is -3.44. The summed E-state index contributed by atoms with van der Waals surface area (Å²) in [5, 5.41) is 3.31. The van der Waals surface area contributed by atoms with Gasteiger partial charge in [0.25, 0.3) is 0 Å². The number of sulfonamides is 1. The quantitative estimate of drug-likeness (QED) is 0.474. The number of unbranched alkanes of at least 4 members (excludes halogenated alkanes) is 1. The summed E-state index contributed by atoms with van der Waals surface area (Å²) in [6, 6.07) is 17.8. The van der Waals surface area contributed by atoms with Crippen molar-refractivity contribution in [3.8, 4) is 0 Å². The average Bonchev–Trinajstić information content (AvgIpc) is 2.79. The first-order valence-electron chi connectivity index (χ1n) is 11.7. The molecule has 1 fully saturated rings. The number of nitrogens with one attached hydrogen (secondary N) is 2. The van der Waals surface area contributed by atoms with Gasteiger partial charge in [-0.25, -0.2) is 13.1 Å². The largest absolute Gasteiger partial charge is 0.385 e. The predicted octanol–water partition coefficient (Wildman–Crippen LogP) is 4.52. The third-order valence-electron chi connectivity index (χ3n) is 6.04. The molecule has 5 nitrogen and oxygen atoms in total. The summed E-state index contributed by atoms with van der Waals surface area (Å²) in [6.45, 7) is 6.69. The standard InChI is InChI=1S/C25H37N3O2S/c1-2-3-16-26-24-10-12-25(13-11-24)31(29,30)27-17-7-18-28-19-14-23(15-20-28)21-22-8-5-4-6-9-22/h4-6,8-13,23,26-27H,2-3,7,14-21H2,1H3. The lowest BCUT2D eigenvalue weighted by atomic mass is 9.90. The Morgan fingerprint density at radius 2 is 1.65 bits per heavy atom. The molecule has 0 bridgehead atoms. The Balaban J connectivity index is 1.34. The van der Waals surface area contributed by atoms with Crippen LogP contribution in [0.5, 0.6) is 0 Å². The monoisotopic (exact) mass is 443 g/mol. The summed E-state index contributed by atoms with van der Waals surface area (Å²) in [5.41, 5.74) is 2.39. The normalized spacial score (nSPS) is 15.8. The van der Waals surface area contributed by atoms with Gasteiger partial charge >= 0.3 is 0 Å². The number of nitrogens with zero attached hydrogens (tertiary/aromatic N) is 1. The van der Waals surface area contributed by atoms with Crippen LogP contribution in [0.3, 0.4) is 0 Å². The highest BCUT2D eigenvalue weighted by atomic mass is 32.2. The summed E-state index contributed by atoms with van der Waals surface area (Å²) < 4.78 is 27.8. The van der Waals surface area contributed by atoms with Crippen molar-refractivity contribution in [3.05, 3.63) is 60.2 Å². The molecule has 1 aliphatic heterocycles. The molecule has 31 heavy (non-hydrogen) atoms. The van der Waals surface area contributed by atoms with Gasteiger partial charge in [0.15, 0.2) is 0 Å². The van der Waals surface area contributed by atoms with Gasteiger partial charge in [0.1, 0.15) is 0 Å². The van der Waals surface area contributed by atoms with Crippen molar-refractivity contribution in [2.24, 2.45) is 5.92 Å². The number of hydrogen-bond donors (Lipinski definition) is 2. The number of likely N-dealkylation sites (tertiary alicyclic amines) is 1. The Hall–Kier alpha value is -1.89. The van der Waals surface area contributed by atoms with E-state index in [0.29, 0.717) is 11.4 Å². The van der Waals surface area contributed by atoms with E-state index >= 15 is 0 Å². The summed E-state index contributed by atoms with van der Waals surface area (Å²) in [5.74, 6) is 0.761. The molecule has 0 aromatic heterocycles. The van der Waals surface area contributed by atoms with E-state index in [1.165, 1.54) is 24.8 Å². The Morgan fingerprint density at radius 3 is 2.32 bits per heavy atom. The zero-order valence-electron chi connectivity index (χ0n) is 18.7. The van der Waals surface area contributed by atoms with Crippen LogP contribution in [0.15, 0.2) is 59.5 Å².